The lowest BCUT2D eigenvalue weighted by molar-refractivity contribution is -0.117. The Kier molecular flexibility index (Phi) is 8.38. The Bertz CT molecular complexity index is 1250. The first-order valence-corrected chi connectivity index (χ1v) is 12.1. The highest BCUT2D eigenvalue weighted by Crippen LogP contribution is 2.30. The van der Waals surface area contributed by atoms with Crippen LogP contribution in [0.1, 0.15) is 5.56 Å². The summed E-state index contributed by atoms with van der Waals surface area (Å²) in [6.45, 7) is 0. The van der Waals surface area contributed by atoms with Gasteiger partial charge in [0, 0.05) is 11.8 Å². The number of sulfonamides is 1. The van der Waals surface area contributed by atoms with E-state index >= 15 is 0 Å². The second-order valence-electron chi connectivity index (χ2n) is 7.22. The van der Waals surface area contributed by atoms with Crippen molar-refractivity contribution >= 4 is 33.2 Å². The van der Waals surface area contributed by atoms with Gasteiger partial charge >= 0.3 is 0 Å². The molecule has 0 radical (unpaired) electrons. The Balaban J connectivity index is 1.89. The molecule has 0 aromatic heterocycles. The molecule has 0 fully saturated rings. The van der Waals surface area contributed by atoms with Gasteiger partial charge in [0.25, 0.3) is 0 Å². The zero-order valence-corrected chi connectivity index (χ0v) is 20.4. The second-order valence-corrected chi connectivity index (χ2v) is 9.34. The van der Waals surface area contributed by atoms with Crippen LogP contribution in [0.15, 0.2) is 71.6 Å². The summed E-state index contributed by atoms with van der Waals surface area (Å²) < 4.78 is 44.4. The van der Waals surface area contributed by atoms with Gasteiger partial charge in [-0.05, 0) is 42.3 Å². The molecule has 0 spiro atoms. The summed E-state index contributed by atoms with van der Waals surface area (Å²) in [6.07, 6.45) is 0.128. The van der Waals surface area contributed by atoms with Crippen LogP contribution in [0.3, 0.4) is 0 Å². The number of ether oxygens (including phenoxy) is 3. The van der Waals surface area contributed by atoms with Gasteiger partial charge in [-0.2, -0.15) is 4.72 Å². The molecule has 0 bridgehead atoms. The number of methoxy groups -OCH3 is 3. The molecule has 2 N–H and O–H groups in total. The number of rotatable bonds is 10. The van der Waals surface area contributed by atoms with Crippen LogP contribution in [0.4, 0.5) is 5.69 Å². The molecule has 0 heterocycles. The lowest BCUT2D eigenvalue weighted by Crippen LogP contribution is -2.45. The van der Waals surface area contributed by atoms with Crippen LogP contribution >= 0.6 is 11.6 Å². The maximum atomic E-state index is 13.2. The van der Waals surface area contributed by atoms with Crippen molar-refractivity contribution in [3.8, 4) is 17.2 Å². The number of hydrogen-bond donors (Lipinski definition) is 2. The van der Waals surface area contributed by atoms with Crippen molar-refractivity contribution in [1.82, 2.24) is 4.72 Å². The van der Waals surface area contributed by atoms with Gasteiger partial charge in [-0.3, -0.25) is 4.79 Å². The standard InChI is InChI=1S/C24H25ClN2O6S/c1-31-21-11-9-17(14-19(21)25)26-24(28)20(13-16-7-5-4-6-8-16)27-34(29,30)18-10-12-22(32-2)23(15-18)33-3/h4-12,14-15,20,27H,13H2,1-3H3,(H,26,28)/t20-/m1/s1. The van der Waals surface area contributed by atoms with Crippen molar-refractivity contribution in [2.24, 2.45) is 0 Å². The minimum Gasteiger partial charge on any atom is -0.495 e. The van der Waals surface area contributed by atoms with E-state index in [-0.39, 0.29) is 17.1 Å². The third-order valence-corrected chi connectivity index (χ3v) is 6.75. The monoisotopic (exact) mass is 504 g/mol. The number of carbonyl (C=O) groups excluding carboxylic acids is 1. The highest BCUT2D eigenvalue weighted by molar-refractivity contribution is 7.89. The molecule has 3 aromatic rings. The average molecular weight is 505 g/mol. The van der Waals surface area contributed by atoms with Crippen LogP contribution in [-0.4, -0.2) is 41.7 Å². The van der Waals surface area contributed by atoms with Crippen LogP contribution < -0.4 is 24.2 Å². The molecule has 180 valence electrons. The van der Waals surface area contributed by atoms with Gasteiger partial charge in [0.2, 0.25) is 15.9 Å². The smallest absolute Gasteiger partial charge is 0.242 e. The zero-order valence-electron chi connectivity index (χ0n) is 18.9. The van der Waals surface area contributed by atoms with Crippen LogP contribution in [0.25, 0.3) is 0 Å². The highest BCUT2D eigenvalue weighted by atomic mass is 35.5. The van der Waals surface area contributed by atoms with E-state index in [1.165, 1.54) is 45.6 Å². The second kappa shape index (κ2) is 11.2. The highest BCUT2D eigenvalue weighted by Gasteiger charge is 2.27. The van der Waals surface area contributed by atoms with E-state index in [1.807, 2.05) is 30.3 Å². The molecule has 0 saturated heterocycles. The topological polar surface area (TPSA) is 103 Å². The fraction of sp³-hybridized carbons (Fsp3) is 0.208. The van der Waals surface area contributed by atoms with Crippen molar-refractivity contribution in [1.29, 1.82) is 0 Å². The number of halogens is 1. The quantitative estimate of drug-likeness (QED) is 0.434. The van der Waals surface area contributed by atoms with Crippen LogP contribution in [0.5, 0.6) is 17.2 Å². The largest absolute Gasteiger partial charge is 0.495 e. The molecule has 34 heavy (non-hydrogen) atoms. The number of nitrogens with one attached hydrogen (secondary N) is 2. The molecule has 3 aromatic carbocycles. The van der Waals surface area contributed by atoms with Gasteiger partial charge in [0.05, 0.1) is 31.2 Å². The van der Waals surface area contributed by atoms with E-state index in [2.05, 4.69) is 10.0 Å². The summed E-state index contributed by atoms with van der Waals surface area (Å²) in [6, 6.07) is 16.9. The van der Waals surface area contributed by atoms with Crippen molar-refractivity contribution in [2.45, 2.75) is 17.4 Å². The fourth-order valence-corrected chi connectivity index (χ4v) is 4.72. The SMILES string of the molecule is COc1ccc(NC(=O)[C@@H](Cc2ccccc2)NS(=O)(=O)c2ccc(OC)c(OC)c2)cc1Cl. The van der Waals surface area contributed by atoms with Crippen molar-refractivity contribution in [3.63, 3.8) is 0 Å². The molecule has 0 aliphatic heterocycles. The molecule has 10 heteroatoms. The van der Waals surface area contributed by atoms with Crippen LogP contribution in [0.2, 0.25) is 5.02 Å². The van der Waals surface area contributed by atoms with Gasteiger partial charge in [0.15, 0.2) is 11.5 Å². The van der Waals surface area contributed by atoms with Gasteiger partial charge in [-0.25, -0.2) is 8.42 Å². The number of anilines is 1. The summed E-state index contributed by atoms with van der Waals surface area (Å²) >= 11 is 6.15. The van der Waals surface area contributed by atoms with E-state index < -0.39 is 22.0 Å². The average Bonchev–Trinajstić information content (AvgIpc) is 2.83. The van der Waals surface area contributed by atoms with Crippen LogP contribution in [0, 0.1) is 0 Å². The molecule has 0 saturated carbocycles. The summed E-state index contributed by atoms with van der Waals surface area (Å²) in [5.41, 5.74) is 1.18. The van der Waals surface area contributed by atoms with Crippen molar-refractivity contribution in [2.75, 3.05) is 26.6 Å². The predicted molar refractivity (Wildman–Crippen MR) is 130 cm³/mol. The van der Waals surface area contributed by atoms with Gasteiger partial charge in [-0.15, -0.1) is 0 Å². The number of hydrogen-bond acceptors (Lipinski definition) is 6. The van der Waals surface area contributed by atoms with E-state index in [1.54, 1.807) is 12.1 Å². The minimum atomic E-state index is -4.09. The Morgan fingerprint density at radius 2 is 1.53 bits per heavy atom. The number of amides is 1. The maximum Gasteiger partial charge on any atom is 0.242 e. The Labute approximate surface area is 203 Å². The molecule has 0 unspecified atom stereocenters. The Morgan fingerprint density at radius 1 is 0.882 bits per heavy atom. The maximum absolute atomic E-state index is 13.2. The van der Waals surface area contributed by atoms with Gasteiger partial charge in [0.1, 0.15) is 11.8 Å². The molecule has 3 rings (SSSR count). The zero-order chi connectivity index (χ0) is 24.7. The first-order chi connectivity index (χ1) is 16.3. The summed E-state index contributed by atoms with van der Waals surface area (Å²) in [5.74, 6) is 0.544. The van der Waals surface area contributed by atoms with Crippen molar-refractivity contribution in [3.05, 3.63) is 77.3 Å². The van der Waals surface area contributed by atoms with Crippen molar-refractivity contribution < 1.29 is 27.4 Å². The van der Waals surface area contributed by atoms with E-state index in [9.17, 15) is 13.2 Å². The first-order valence-electron chi connectivity index (χ1n) is 10.2. The third kappa shape index (κ3) is 6.19. The summed E-state index contributed by atoms with van der Waals surface area (Å²) in [5, 5.41) is 3.03. The molecule has 1 amide bonds. The molecule has 8 nitrogen and oxygen atoms in total. The van der Waals surface area contributed by atoms with E-state index in [4.69, 9.17) is 25.8 Å². The molecule has 1 atom stereocenters. The van der Waals surface area contributed by atoms with Gasteiger partial charge in [-0.1, -0.05) is 41.9 Å². The third-order valence-electron chi connectivity index (χ3n) is 4.98. The van der Waals surface area contributed by atoms with E-state index in [0.29, 0.717) is 22.2 Å². The van der Waals surface area contributed by atoms with Gasteiger partial charge < -0.3 is 19.5 Å². The first kappa shape index (κ1) is 25.4. The molecular weight excluding hydrogens is 480 g/mol. The number of benzene rings is 3. The summed E-state index contributed by atoms with van der Waals surface area (Å²) in [4.78, 5) is 13.1. The summed E-state index contributed by atoms with van der Waals surface area (Å²) in [7, 11) is 0.263. The molecule has 0 aliphatic rings. The fourth-order valence-electron chi connectivity index (χ4n) is 3.25. The number of carbonyl (C=O) groups is 1. The normalized spacial score (nSPS) is 12.0. The molecular formula is C24H25ClN2O6S. The van der Waals surface area contributed by atoms with E-state index in [0.717, 1.165) is 5.56 Å². The minimum absolute atomic E-state index is 0.0662. The van der Waals surface area contributed by atoms with Crippen LogP contribution in [-0.2, 0) is 21.2 Å². The molecule has 0 aliphatic carbocycles. The Hall–Kier alpha value is -3.27. The lowest BCUT2D eigenvalue weighted by Gasteiger charge is -2.19. The lowest BCUT2D eigenvalue weighted by atomic mass is 10.1. The predicted octanol–water partition coefficient (Wildman–Crippen LogP) is 3.89. The Morgan fingerprint density at radius 3 is 2.15 bits per heavy atom.